The Balaban J connectivity index is 2.10. The van der Waals surface area contributed by atoms with Crippen molar-refractivity contribution in [2.24, 2.45) is 0 Å². The lowest BCUT2D eigenvalue weighted by Crippen LogP contribution is -2.02. The second-order valence-electron chi connectivity index (χ2n) is 4.82. The summed E-state index contributed by atoms with van der Waals surface area (Å²) in [6.07, 6.45) is 8.00. The van der Waals surface area contributed by atoms with Crippen molar-refractivity contribution < 1.29 is 5.11 Å². The zero-order valence-corrected chi connectivity index (χ0v) is 11.2. The van der Waals surface area contributed by atoms with E-state index in [9.17, 15) is 0 Å². The van der Waals surface area contributed by atoms with Gasteiger partial charge in [0.2, 0.25) is 0 Å². The Labute approximate surface area is 115 Å². The van der Waals surface area contributed by atoms with Crippen molar-refractivity contribution in [2.75, 3.05) is 6.61 Å². The summed E-state index contributed by atoms with van der Waals surface area (Å²) < 4.78 is 0. The molecular weight excluding hydrogens is 234 g/mol. The molecule has 1 aromatic carbocycles. The van der Waals surface area contributed by atoms with Crippen molar-refractivity contribution in [3.63, 3.8) is 0 Å². The molecule has 2 rings (SSSR count). The molecule has 0 aliphatic rings. The number of hydrogen-bond acceptors (Lipinski definition) is 2. The van der Waals surface area contributed by atoms with Crippen molar-refractivity contribution in [1.29, 1.82) is 0 Å². The summed E-state index contributed by atoms with van der Waals surface area (Å²) in [4.78, 5) is 4.24. The van der Waals surface area contributed by atoms with Crippen LogP contribution in [0.2, 0.25) is 0 Å². The van der Waals surface area contributed by atoms with Crippen LogP contribution in [0.5, 0.6) is 0 Å². The summed E-state index contributed by atoms with van der Waals surface area (Å²) in [5.74, 6) is 0.411. The average molecular weight is 255 g/mol. The van der Waals surface area contributed by atoms with Gasteiger partial charge in [0, 0.05) is 24.9 Å². The molecule has 0 amide bonds. The Morgan fingerprint density at radius 2 is 1.68 bits per heavy atom. The van der Waals surface area contributed by atoms with E-state index in [0.29, 0.717) is 12.5 Å². The highest BCUT2D eigenvalue weighted by molar-refractivity contribution is 5.30. The number of hydrogen-bond donors (Lipinski definition) is 1. The minimum absolute atomic E-state index is 0.295. The third-order valence-electron chi connectivity index (χ3n) is 3.44. The van der Waals surface area contributed by atoms with Gasteiger partial charge in [-0.05, 0) is 30.0 Å². The van der Waals surface area contributed by atoms with E-state index in [1.165, 1.54) is 11.1 Å². The largest absolute Gasteiger partial charge is 0.396 e. The number of rotatable bonds is 7. The van der Waals surface area contributed by atoms with Gasteiger partial charge in [0.05, 0.1) is 0 Å². The van der Waals surface area contributed by atoms with Crippen LogP contribution in [-0.2, 0) is 0 Å². The first-order valence-corrected chi connectivity index (χ1v) is 6.97. The molecule has 1 N–H and O–H groups in total. The number of pyridine rings is 1. The molecule has 0 saturated heterocycles. The van der Waals surface area contributed by atoms with Gasteiger partial charge in [-0.25, -0.2) is 0 Å². The summed E-state index contributed by atoms with van der Waals surface area (Å²) in [5.41, 5.74) is 2.62. The number of nitrogens with zero attached hydrogens (tertiary/aromatic N) is 1. The van der Waals surface area contributed by atoms with Crippen LogP contribution in [0.1, 0.15) is 42.7 Å². The van der Waals surface area contributed by atoms with Crippen molar-refractivity contribution in [2.45, 2.75) is 31.6 Å². The Bertz CT molecular complexity index is 416. The number of aliphatic hydroxyl groups is 1. The lowest BCUT2D eigenvalue weighted by molar-refractivity contribution is 0.282. The van der Waals surface area contributed by atoms with E-state index >= 15 is 0 Å². The van der Waals surface area contributed by atoms with Crippen LogP contribution >= 0.6 is 0 Å². The van der Waals surface area contributed by atoms with Gasteiger partial charge in [-0.2, -0.15) is 0 Å². The third-order valence-corrected chi connectivity index (χ3v) is 3.44. The first kappa shape index (κ1) is 13.8. The van der Waals surface area contributed by atoms with Gasteiger partial charge in [-0.3, -0.25) is 4.98 Å². The fourth-order valence-electron chi connectivity index (χ4n) is 2.43. The number of unbranched alkanes of at least 4 members (excludes halogenated alkanes) is 2. The van der Waals surface area contributed by atoms with Gasteiger partial charge < -0.3 is 5.11 Å². The first-order chi connectivity index (χ1) is 9.42. The van der Waals surface area contributed by atoms with E-state index in [-0.39, 0.29) is 0 Å². The quantitative estimate of drug-likeness (QED) is 0.764. The molecule has 0 fully saturated rings. The van der Waals surface area contributed by atoms with E-state index in [4.69, 9.17) is 5.11 Å². The summed E-state index contributed by atoms with van der Waals surface area (Å²) in [6, 6.07) is 14.7. The van der Waals surface area contributed by atoms with Crippen LogP contribution in [0.4, 0.5) is 0 Å². The van der Waals surface area contributed by atoms with E-state index in [0.717, 1.165) is 25.7 Å². The van der Waals surface area contributed by atoms with Crippen LogP contribution in [0, 0.1) is 0 Å². The van der Waals surface area contributed by atoms with Gasteiger partial charge in [0.25, 0.3) is 0 Å². The maximum Gasteiger partial charge on any atom is 0.0431 e. The van der Waals surface area contributed by atoms with Gasteiger partial charge >= 0.3 is 0 Å². The Kier molecular flexibility index (Phi) is 5.57. The van der Waals surface area contributed by atoms with Crippen molar-refractivity contribution in [1.82, 2.24) is 4.98 Å². The van der Waals surface area contributed by atoms with E-state index in [2.05, 4.69) is 41.4 Å². The van der Waals surface area contributed by atoms with Crippen LogP contribution in [-0.4, -0.2) is 16.7 Å². The Morgan fingerprint density at radius 3 is 2.37 bits per heavy atom. The Morgan fingerprint density at radius 1 is 0.895 bits per heavy atom. The molecule has 1 heterocycles. The van der Waals surface area contributed by atoms with Crippen molar-refractivity contribution >= 4 is 0 Å². The standard InChI is InChI=1S/C17H21NO/c19-13-6-2-5-11-17(15-8-3-1-4-9-15)16-10-7-12-18-14-16/h1,3-4,7-10,12,14,17,19H,2,5-6,11,13H2. The zero-order valence-electron chi connectivity index (χ0n) is 11.2. The SMILES string of the molecule is OCCCCCC(c1ccccc1)c1cccnc1. The number of benzene rings is 1. The minimum Gasteiger partial charge on any atom is -0.396 e. The molecule has 0 aliphatic heterocycles. The molecule has 0 radical (unpaired) electrons. The van der Waals surface area contributed by atoms with Crippen LogP contribution in [0.15, 0.2) is 54.9 Å². The number of aliphatic hydroxyl groups excluding tert-OH is 1. The smallest absolute Gasteiger partial charge is 0.0431 e. The van der Waals surface area contributed by atoms with E-state index in [1.807, 2.05) is 18.5 Å². The normalized spacial score (nSPS) is 12.3. The molecular formula is C17H21NO. The lowest BCUT2D eigenvalue weighted by Gasteiger charge is -2.17. The maximum absolute atomic E-state index is 8.86. The van der Waals surface area contributed by atoms with Gasteiger partial charge in [-0.1, -0.05) is 49.2 Å². The summed E-state index contributed by atoms with van der Waals surface area (Å²) in [5, 5.41) is 8.86. The van der Waals surface area contributed by atoms with Crippen molar-refractivity contribution in [3.05, 3.63) is 66.0 Å². The molecule has 2 aromatic rings. The zero-order chi connectivity index (χ0) is 13.3. The molecule has 1 unspecified atom stereocenters. The average Bonchev–Trinajstić information content (AvgIpc) is 2.49. The Hall–Kier alpha value is -1.67. The predicted octanol–water partition coefficient (Wildman–Crippen LogP) is 3.77. The summed E-state index contributed by atoms with van der Waals surface area (Å²) in [6.45, 7) is 0.295. The molecule has 0 bridgehead atoms. The topological polar surface area (TPSA) is 33.1 Å². The lowest BCUT2D eigenvalue weighted by atomic mass is 9.88. The highest BCUT2D eigenvalue weighted by atomic mass is 16.2. The monoisotopic (exact) mass is 255 g/mol. The molecule has 2 heteroatoms. The maximum atomic E-state index is 8.86. The molecule has 0 spiro atoms. The molecule has 0 saturated carbocycles. The highest BCUT2D eigenvalue weighted by Gasteiger charge is 2.13. The van der Waals surface area contributed by atoms with E-state index < -0.39 is 0 Å². The van der Waals surface area contributed by atoms with Crippen LogP contribution < -0.4 is 0 Å². The molecule has 100 valence electrons. The summed E-state index contributed by atoms with van der Waals surface area (Å²) in [7, 11) is 0. The second kappa shape index (κ2) is 7.70. The third kappa shape index (κ3) is 4.18. The van der Waals surface area contributed by atoms with Crippen molar-refractivity contribution in [3.8, 4) is 0 Å². The van der Waals surface area contributed by atoms with Gasteiger partial charge in [-0.15, -0.1) is 0 Å². The fraction of sp³-hybridized carbons (Fsp3) is 0.353. The molecule has 2 nitrogen and oxygen atoms in total. The highest BCUT2D eigenvalue weighted by Crippen LogP contribution is 2.29. The van der Waals surface area contributed by atoms with E-state index in [1.54, 1.807) is 0 Å². The number of aromatic nitrogens is 1. The minimum atomic E-state index is 0.295. The van der Waals surface area contributed by atoms with Gasteiger partial charge in [0.15, 0.2) is 0 Å². The molecule has 1 aromatic heterocycles. The second-order valence-corrected chi connectivity index (χ2v) is 4.82. The first-order valence-electron chi connectivity index (χ1n) is 6.97. The fourth-order valence-corrected chi connectivity index (χ4v) is 2.43. The molecule has 0 aliphatic carbocycles. The van der Waals surface area contributed by atoms with Crippen LogP contribution in [0.3, 0.4) is 0 Å². The molecule has 19 heavy (non-hydrogen) atoms. The van der Waals surface area contributed by atoms with Gasteiger partial charge in [0.1, 0.15) is 0 Å². The summed E-state index contributed by atoms with van der Waals surface area (Å²) >= 11 is 0. The molecule has 1 atom stereocenters. The predicted molar refractivity (Wildman–Crippen MR) is 78.1 cm³/mol. The van der Waals surface area contributed by atoms with Crippen LogP contribution in [0.25, 0.3) is 0 Å².